The first-order chi connectivity index (χ1) is 6.31. The molecule has 3 heteroatoms. The smallest absolute Gasteiger partial charge is 0.0761 e. The number of aryl methyl sites for hydroxylation is 1. The van der Waals surface area contributed by atoms with Gasteiger partial charge in [-0.05, 0) is 25.7 Å². The van der Waals surface area contributed by atoms with Gasteiger partial charge in [-0.2, -0.15) is 5.10 Å². The van der Waals surface area contributed by atoms with E-state index in [9.17, 15) is 0 Å². The Balaban J connectivity index is 2.09. The van der Waals surface area contributed by atoms with Crippen molar-refractivity contribution in [1.82, 2.24) is 9.78 Å². The first kappa shape index (κ1) is 8.60. The molecule has 1 aromatic rings. The fraction of sp³-hybridized carbons (Fsp3) is 0.700. The number of anilines is 1. The molecule has 1 aromatic heterocycles. The zero-order chi connectivity index (χ0) is 9.26. The summed E-state index contributed by atoms with van der Waals surface area (Å²) in [5, 5.41) is 7.79. The van der Waals surface area contributed by atoms with Gasteiger partial charge in [-0.15, -0.1) is 0 Å². The van der Waals surface area contributed by atoms with Crippen LogP contribution in [0.1, 0.15) is 31.9 Å². The van der Waals surface area contributed by atoms with Crippen LogP contribution < -0.4 is 5.32 Å². The van der Waals surface area contributed by atoms with Gasteiger partial charge in [0.25, 0.3) is 0 Å². The van der Waals surface area contributed by atoms with Gasteiger partial charge in [-0.1, -0.05) is 6.92 Å². The Hall–Kier alpha value is -0.990. The van der Waals surface area contributed by atoms with E-state index in [-0.39, 0.29) is 0 Å². The van der Waals surface area contributed by atoms with Crippen molar-refractivity contribution in [2.24, 2.45) is 7.05 Å². The highest BCUT2D eigenvalue weighted by atomic mass is 15.3. The highest BCUT2D eigenvalue weighted by molar-refractivity contribution is 5.47. The number of hydrogen-bond donors (Lipinski definition) is 1. The highest BCUT2D eigenvalue weighted by Crippen LogP contribution is 2.25. The Bertz CT molecular complexity index is 286. The van der Waals surface area contributed by atoms with Crippen LogP contribution in [0.2, 0.25) is 0 Å². The Labute approximate surface area is 79.1 Å². The van der Waals surface area contributed by atoms with Crippen molar-refractivity contribution in [2.75, 3.05) is 5.32 Å². The topological polar surface area (TPSA) is 29.9 Å². The van der Waals surface area contributed by atoms with E-state index in [1.807, 2.05) is 17.9 Å². The van der Waals surface area contributed by atoms with Gasteiger partial charge >= 0.3 is 0 Å². The van der Waals surface area contributed by atoms with Crippen LogP contribution in [0.5, 0.6) is 0 Å². The predicted octanol–water partition coefficient (Wildman–Crippen LogP) is 1.95. The average molecular weight is 179 g/mol. The average Bonchev–Trinajstić information content (AvgIpc) is 2.39. The molecular weight excluding hydrogens is 162 g/mol. The van der Waals surface area contributed by atoms with E-state index >= 15 is 0 Å². The minimum absolute atomic E-state index is 0.703. The molecule has 0 unspecified atom stereocenters. The van der Waals surface area contributed by atoms with Gasteiger partial charge in [-0.3, -0.25) is 4.68 Å². The summed E-state index contributed by atoms with van der Waals surface area (Å²) in [6, 6.07) is 0.703. The maximum absolute atomic E-state index is 4.25. The Morgan fingerprint density at radius 1 is 1.62 bits per heavy atom. The molecule has 0 atom stereocenters. The molecule has 3 nitrogen and oxygen atoms in total. The molecular formula is C10H17N3. The summed E-state index contributed by atoms with van der Waals surface area (Å²) in [6.45, 7) is 2.17. The van der Waals surface area contributed by atoms with E-state index in [0.29, 0.717) is 6.04 Å². The zero-order valence-corrected chi connectivity index (χ0v) is 8.38. The van der Waals surface area contributed by atoms with Gasteiger partial charge < -0.3 is 5.32 Å². The van der Waals surface area contributed by atoms with E-state index in [0.717, 1.165) is 6.42 Å². The van der Waals surface area contributed by atoms with Gasteiger partial charge in [0.05, 0.1) is 17.6 Å². The first-order valence-electron chi connectivity index (χ1n) is 5.08. The number of nitrogens with one attached hydrogen (secondary N) is 1. The van der Waals surface area contributed by atoms with Crippen LogP contribution in [0.4, 0.5) is 5.69 Å². The molecule has 72 valence electrons. The zero-order valence-electron chi connectivity index (χ0n) is 8.38. The van der Waals surface area contributed by atoms with Gasteiger partial charge in [0, 0.05) is 13.1 Å². The third-order valence-electron chi connectivity index (χ3n) is 2.86. The van der Waals surface area contributed by atoms with Gasteiger partial charge in [0.15, 0.2) is 0 Å². The Morgan fingerprint density at radius 2 is 2.38 bits per heavy atom. The predicted molar refractivity (Wildman–Crippen MR) is 53.8 cm³/mol. The molecule has 1 aliphatic rings. The number of nitrogens with zero attached hydrogens (tertiary/aromatic N) is 2. The quantitative estimate of drug-likeness (QED) is 0.768. The maximum Gasteiger partial charge on any atom is 0.0761 e. The molecule has 2 rings (SSSR count). The summed E-state index contributed by atoms with van der Waals surface area (Å²) in [5.41, 5.74) is 2.54. The molecule has 0 bridgehead atoms. The molecule has 0 amide bonds. The standard InChI is InChI=1S/C10H17N3/c1-3-10-9(7-11-13(10)2)12-8-5-4-6-8/h7-8,12H,3-6H2,1-2H3. The summed E-state index contributed by atoms with van der Waals surface area (Å²) >= 11 is 0. The summed E-state index contributed by atoms with van der Waals surface area (Å²) in [7, 11) is 2.00. The molecule has 1 aliphatic carbocycles. The molecule has 1 N–H and O–H groups in total. The SMILES string of the molecule is CCc1c(NC2CCC2)cnn1C. The van der Waals surface area contributed by atoms with Crippen LogP contribution in [0.15, 0.2) is 6.20 Å². The second-order valence-corrected chi connectivity index (χ2v) is 3.75. The summed E-state index contributed by atoms with van der Waals surface area (Å²) in [4.78, 5) is 0. The monoisotopic (exact) mass is 179 g/mol. The van der Waals surface area contributed by atoms with E-state index < -0.39 is 0 Å². The first-order valence-corrected chi connectivity index (χ1v) is 5.08. The minimum Gasteiger partial charge on any atom is -0.380 e. The van der Waals surface area contributed by atoms with Gasteiger partial charge in [0.2, 0.25) is 0 Å². The molecule has 0 spiro atoms. The summed E-state index contributed by atoms with van der Waals surface area (Å²) in [5.74, 6) is 0. The summed E-state index contributed by atoms with van der Waals surface area (Å²) in [6.07, 6.45) is 7.00. The van der Waals surface area contributed by atoms with Crippen molar-refractivity contribution in [3.8, 4) is 0 Å². The largest absolute Gasteiger partial charge is 0.380 e. The van der Waals surface area contributed by atoms with Crippen LogP contribution in [0, 0.1) is 0 Å². The lowest BCUT2D eigenvalue weighted by Crippen LogP contribution is -2.27. The molecule has 1 saturated carbocycles. The van der Waals surface area contributed by atoms with Crippen LogP contribution in [0.3, 0.4) is 0 Å². The second-order valence-electron chi connectivity index (χ2n) is 3.75. The third-order valence-corrected chi connectivity index (χ3v) is 2.86. The fourth-order valence-corrected chi connectivity index (χ4v) is 1.78. The van der Waals surface area contributed by atoms with Crippen LogP contribution in [-0.2, 0) is 13.5 Å². The molecule has 1 heterocycles. The maximum atomic E-state index is 4.25. The van der Waals surface area contributed by atoms with Crippen molar-refractivity contribution in [2.45, 2.75) is 38.6 Å². The number of hydrogen-bond acceptors (Lipinski definition) is 2. The van der Waals surface area contributed by atoms with Crippen LogP contribution in [0.25, 0.3) is 0 Å². The van der Waals surface area contributed by atoms with Gasteiger partial charge in [-0.25, -0.2) is 0 Å². The molecule has 0 saturated heterocycles. The lowest BCUT2D eigenvalue weighted by molar-refractivity contribution is 0.445. The Morgan fingerprint density at radius 3 is 2.92 bits per heavy atom. The number of rotatable bonds is 3. The van der Waals surface area contributed by atoms with Gasteiger partial charge in [0.1, 0.15) is 0 Å². The molecule has 0 aliphatic heterocycles. The van der Waals surface area contributed by atoms with E-state index in [1.54, 1.807) is 0 Å². The van der Waals surface area contributed by atoms with E-state index in [2.05, 4.69) is 17.3 Å². The Kier molecular flexibility index (Phi) is 2.25. The van der Waals surface area contributed by atoms with E-state index in [4.69, 9.17) is 0 Å². The molecule has 0 radical (unpaired) electrons. The van der Waals surface area contributed by atoms with Crippen molar-refractivity contribution in [3.63, 3.8) is 0 Å². The normalized spacial score (nSPS) is 17.1. The number of aromatic nitrogens is 2. The molecule has 1 fully saturated rings. The van der Waals surface area contributed by atoms with Crippen molar-refractivity contribution >= 4 is 5.69 Å². The highest BCUT2D eigenvalue weighted by Gasteiger charge is 2.18. The lowest BCUT2D eigenvalue weighted by Gasteiger charge is -2.27. The fourth-order valence-electron chi connectivity index (χ4n) is 1.78. The van der Waals surface area contributed by atoms with Crippen molar-refractivity contribution < 1.29 is 0 Å². The third kappa shape index (κ3) is 1.55. The van der Waals surface area contributed by atoms with Crippen LogP contribution in [-0.4, -0.2) is 15.8 Å². The molecule has 13 heavy (non-hydrogen) atoms. The summed E-state index contributed by atoms with van der Waals surface area (Å²) < 4.78 is 1.96. The van der Waals surface area contributed by atoms with Crippen molar-refractivity contribution in [3.05, 3.63) is 11.9 Å². The van der Waals surface area contributed by atoms with Crippen LogP contribution >= 0.6 is 0 Å². The second kappa shape index (κ2) is 3.40. The van der Waals surface area contributed by atoms with E-state index in [1.165, 1.54) is 30.6 Å². The minimum atomic E-state index is 0.703. The molecule has 0 aromatic carbocycles. The van der Waals surface area contributed by atoms with Crippen molar-refractivity contribution in [1.29, 1.82) is 0 Å². The lowest BCUT2D eigenvalue weighted by atomic mass is 9.93.